The average molecular weight is 415 g/mol. The van der Waals surface area contributed by atoms with Crippen molar-refractivity contribution in [2.45, 2.75) is 4.90 Å². The van der Waals surface area contributed by atoms with E-state index < -0.39 is 0 Å². The Kier molecular flexibility index (Phi) is 6.36. The van der Waals surface area contributed by atoms with Gasteiger partial charge in [0, 0.05) is 55.9 Å². The van der Waals surface area contributed by atoms with E-state index in [1.807, 2.05) is 35.4 Å². The molecular weight excluding hydrogens is 388 g/mol. The van der Waals surface area contributed by atoms with Crippen molar-refractivity contribution < 1.29 is 9.53 Å². The number of benzene rings is 1. The number of morpholine rings is 1. The Labute approximate surface area is 175 Å². The van der Waals surface area contributed by atoms with Crippen LogP contribution in [0.3, 0.4) is 0 Å². The maximum atomic E-state index is 12.6. The molecule has 8 nitrogen and oxygen atoms in total. The van der Waals surface area contributed by atoms with Gasteiger partial charge in [-0.25, -0.2) is 4.79 Å². The molecule has 0 aliphatic carbocycles. The summed E-state index contributed by atoms with van der Waals surface area (Å²) in [6, 6.07) is 9.93. The van der Waals surface area contributed by atoms with Crippen LogP contribution in [0.1, 0.15) is 0 Å². The monoisotopic (exact) mass is 414 g/mol. The van der Waals surface area contributed by atoms with Crippen LogP contribution in [0.25, 0.3) is 0 Å². The van der Waals surface area contributed by atoms with Gasteiger partial charge in [-0.15, -0.1) is 16.9 Å². The molecule has 29 heavy (non-hydrogen) atoms. The molecule has 0 spiro atoms. The molecule has 1 N–H and O–H groups in total. The fourth-order valence-corrected chi connectivity index (χ4v) is 4.00. The van der Waals surface area contributed by atoms with E-state index in [-0.39, 0.29) is 6.03 Å². The highest BCUT2D eigenvalue weighted by Crippen LogP contribution is 2.22. The summed E-state index contributed by atoms with van der Waals surface area (Å²) in [5.41, 5.74) is 1.90. The summed E-state index contributed by atoms with van der Waals surface area (Å²) in [6.45, 7) is 6.00. The molecule has 3 heterocycles. The fourth-order valence-electron chi connectivity index (χ4n) is 3.54. The van der Waals surface area contributed by atoms with E-state index in [0.29, 0.717) is 13.1 Å². The third-order valence-corrected chi connectivity index (χ3v) is 5.94. The smallest absolute Gasteiger partial charge is 0.321 e. The lowest BCUT2D eigenvalue weighted by Crippen LogP contribution is -2.50. The number of thioether (sulfide) groups is 1. The van der Waals surface area contributed by atoms with Crippen molar-refractivity contribution in [2.75, 3.05) is 73.9 Å². The second-order valence-corrected chi connectivity index (χ2v) is 7.89. The lowest BCUT2D eigenvalue weighted by atomic mass is 10.3. The maximum Gasteiger partial charge on any atom is 0.321 e. The summed E-state index contributed by atoms with van der Waals surface area (Å²) >= 11 is 1.66. The number of urea groups is 1. The van der Waals surface area contributed by atoms with Crippen molar-refractivity contribution in [2.24, 2.45) is 0 Å². The SMILES string of the molecule is CSc1cccc(NC(=O)N2CCN(c3cc(N4CCOCC4)cnn3)CC2)c1. The van der Waals surface area contributed by atoms with Crippen LogP contribution >= 0.6 is 11.8 Å². The molecule has 0 unspecified atom stereocenters. The van der Waals surface area contributed by atoms with E-state index in [1.165, 1.54) is 0 Å². The number of carbonyl (C=O) groups excluding carboxylic acids is 1. The number of nitrogens with zero attached hydrogens (tertiary/aromatic N) is 5. The zero-order valence-electron chi connectivity index (χ0n) is 16.6. The lowest BCUT2D eigenvalue weighted by molar-refractivity contribution is 0.122. The molecule has 1 aromatic heterocycles. The summed E-state index contributed by atoms with van der Waals surface area (Å²) in [5, 5.41) is 11.5. The molecule has 2 amide bonds. The van der Waals surface area contributed by atoms with Crippen LogP contribution in [0.2, 0.25) is 0 Å². The van der Waals surface area contributed by atoms with Crippen molar-refractivity contribution >= 4 is 35.0 Å². The normalized spacial score (nSPS) is 17.3. The number of rotatable bonds is 4. The summed E-state index contributed by atoms with van der Waals surface area (Å²) in [7, 11) is 0. The fraction of sp³-hybridized carbons (Fsp3) is 0.450. The lowest BCUT2D eigenvalue weighted by Gasteiger charge is -2.35. The van der Waals surface area contributed by atoms with Crippen molar-refractivity contribution in [3.8, 4) is 0 Å². The Morgan fingerprint density at radius 1 is 1.07 bits per heavy atom. The van der Waals surface area contributed by atoms with Gasteiger partial charge < -0.3 is 24.8 Å². The van der Waals surface area contributed by atoms with Crippen LogP contribution in [0.5, 0.6) is 0 Å². The molecule has 0 atom stereocenters. The van der Waals surface area contributed by atoms with Crippen molar-refractivity contribution in [1.82, 2.24) is 15.1 Å². The highest BCUT2D eigenvalue weighted by Gasteiger charge is 2.23. The first-order valence-corrected chi connectivity index (χ1v) is 11.1. The minimum Gasteiger partial charge on any atom is -0.378 e. The highest BCUT2D eigenvalue weighted by atomic mass is 32.2. The van der Waals surface area contributed by atoms with Gasteiger partial charge in [-0.3, -0.25) is 0 Å². The molecule has 2 aromatic rings. The van der Waals surface area contributed by atoms with Crippen LogP contribution < -0.4 is 15.1 Å². The van der Waals surface area contributed by atoms with Gasteiger partial charge in [0.2, 0.25) is 0 Å². The first-order chi connectivity index (χ1) is 14.2. The van der Waals surface area contributed by atoms with Crippen molar-refractivity contribution in [1.29, 1.82) is 0 Å². The van der Waals surface area contributed by atoms with E-state index in [1.54, 1.807) is 18.0 Å². The Balaban J connectivity index is 1.33. The number of nitrogens with one attached hydrogen (secondary N) is 1. The summed E-state index contributed by atoms with van der Waals surface area (Å²) in [4.78, 5) is 20.1. The van der Waals surface area contributed by atoms with Gasteiger partial charge in [0.1, 0.15) is 0 Å². The third-order valence-electron chi connectivity index (χ3n) is 5.22. The van der Waals surface area contributed by atoms with Crippen molar-refractivity contribution in [3.05, 3.63) is 36.5 Å². The maximum absolute atomic E-state index is 12.6. The Morgan fingerprint density at radius 3 is 2.62 bits per heavy atom. The van der Waals surface area contributed by atoms with Gasteiger partial charge in [-0.2, -0.15) is 5.10 Å². The molecule has 0 bridgehead atoms. The zero-order chi connectivity index (χ0) is 20.1. The molecule has 4 rings (SSSR count). The third kappa shape index (κ3) is 4.91. The van der Waals surface area contributed by atoms with Gasteiger partial charge in [0.05, 0.1) is 25.1 Å². The molecule has 9 heteroatoms. The number of anilines is 3. The average Bonchev–Trinajstić information content (AvgIpc) is 2.80. The first kappa shape index (κ1) is 19.8. The van der Waals surface area contributed by atoms with Gasteiger partial charge in [-0.1, -0.05) is 6.07 Å². The number of hydrogen-bond donors (Lipinski definition) is 1. The summed E-state index contributed by atoms with van der Waals surface area (Å²) < 4.78 is 5.42. The van der Waals surface area contributed by atoms with E-state index >= 15 is 0 Å². The number of carbonyl (C=O) groups is 1. The molecule has 0 saturated carbocycles. The van der Waals surface area contributed by atoms with Gasteiger partial charge in [0.25, 0.3) is 0 Å². The molecule has 0 radical (unpaired) electrons. The summed E-state index contributed by atoms with van der Waals surface area (Å²) in [5.74, 6) is 0.863. The molecule has 1 aromatic carbocycles. The van der Waals surface area contributed by atoms with E-state index in [9.17, 15) is 4.79 Å². The Bertz CT molecular complexity index is 837. The Hall–Kier alpha value is -2.52. The topological polar surface area (TPSA) is 73.8 Å². The number of ether oxygens (including phenoxy) is 1. The first-order valence-electron chi connectivity index (χ1n) is 9.83. The van der Waals surface area contributed by atoms with Crippen molar-refractivity contribution in [3.63, 3.8) is 0 Å². The predicted octanol–water partition coefficient (Wildman–Crippen LogP) is 2.39. The van der Waals surface area contributed by atoms with Gasteiger partial charge in [0.15, 0.2) is 5.82 Å². The molecule has 2 saturated heterocycles. The van der Waals surface area contributed by atoms with Crippen LogP contribution in [0, 0.1) is 0 Å². The van der Waals surface area contributed by atoms with E-state index in [0.717, 1.165) is 61.5 Å². The largest absolute Gasteiger partial charge is 0.378 e. The van der Waals surface area contributed by atoms with Crippen LogP contribution in [0.15, 0.2) is 41.4 Å². The predicted molar refractivity (Wildman–Crippen MR) is 116 cm³/mol. The number of piperazine rings is 1. The second-order valence-electron chi connectivity index (χ2n) is 7.01. The minimum absolute atomic E-state index is 0.0592. The summed E-state index contributed by atoms with van der Waals surface area (Å²) in [6.07, 6.45) is 3.83. The van der Waals surface area contributed by atoms with Gasteiger partial charge in [-0.05, 0) is 24.5 Å². The Morgan fingerprint density at radius 2 is 1.86 bits per heavy atom. The van der Waals surface area contributed by atoms with Crippen LogP contribution in [-0.2, 0) is 4.74 Å². The highest BCUT2D eigenvalue weighted by molar-refractivity contribution is 7.98. The molecule has 2 aliphatic rings. The standard InChI is InChI=1S/C20H26N6O2S/c1-29-18-4-2-3-16(13-18)22-20(27)26-7-5-25(6-8-26)19-14-17(15-21-23-19)24-9-11-28-12-10-24/h2-4,13-15H,5-12H2,1H3,(H,22,27). The van der Waals surface area contributed by atoms with Crippen LogP contribution in [0.4, 0.5) is 22.0 Å². The second kappa shape index (κ2) is 9.32. The quantitative estimate of drug-likeness (QED) is 0.770. The zero-order valence-corrected chi connectivity index (χ0v) is 17.4. The van der Waals surface area contributed by atoms with E-state index in [2.05, 4.69) is 31.4 Å². The number of hydrogen-bond acceptors (Lipinski definition) is 7. The molecule has 2 aliphatic heterocycles. The molecule has 154 valence electrons. The minimum atomic E-state index is -0.0592. The number of amides is 2. The molecular formula is C20H26N6O2S. The van der Waals surface area contributed by atoms with Crippen LogP contribution in [-0.4, -0.2) is 79.9 Å². The van der Waals surface area contributed by atoms with E-state index in [4.69, 9.17) is 4.74 Å². The molecule has 2 fully saturated rings. The van der Waals surface area contributed by atoms with Gasteiger partial charge >= 0.3 is 6.03 Å². The number of aromatic nitrogens is 2.